The van der Waals surface area contributed by atoms with Crippen molar-refractivity contribution in [3.63, 3.8) is 0 Å². The fourth-order valence-corrected chi connectivity index (χ4v) is 1.17. The Hall–Kier alpha value is -1.26. The second-order valence-corrected chi connectivity index (χ2v) is 3.61. The minimum absolute atomic E-state index is 0.0319. The van der Waals surface area contributed by atoms with E-state index in [0.717, 1.165) is 0 Å². The van der Waals surface area contributed by atoms with Crippen LogP contribution >= 0.6 is 0 Å². The van der Waals surface area contributed by atoms with Crippen LogP contribution in [0.4, 0.5) is 0 Å². The molecule has 0 aliphatic rings. The van der Waals surface area contributed by atoms with Gasteiger partial charge in [0.15, 0.2) is 0 Å². The molecule has 3 heteroatoms. The van der Waals surface area contributed by atoms with Crippen LogP contribution in [0.3, 0.4) is 0 Å². The van der Waals surface area contributed by atoms with E-state index in [9.17, 15) is 10.2 Å². The molecule has 0 bridgehead atoms. The molecule has 17 heavy (non-hydrogen) atoms. The molecule has 0 unspecified atom stereocenters. The molecule has 0 radical (unpaired) electrons. The first-order chi connectivity index (χ1) is 8.22. The standard InChI is InChI=1S/C14H20O3/c1-2-3-4-5-6-7-8-10-13(16)14(17)11-9-12-15/h2-3,13-17H,8-12H2,1H3/b3-2+/t13-,14+/m0/s1. The highest BCUT2D eigenvalue weighted by molar-refractivity contribution is 5.30. The van der Waals surface area contributed by atoms with Crippen molar-refractivity contribution in [2.75, 3.05) is 6.61 Å². The second-order valence-electron chi connectivity index (χ2n) is 3.61. The van der Waals surface area contributed by atoms with Gasteiger partial charge in [0, 0.05) is 13.0 Å². The lowest BCUT2D eigenvalue weighted by atomic mass is 10.0. The first-order valence-corrected chi connectivity index (χ1v) is 5.79. The molecule has 0 saturated heterocycles. The first kappa shape index (κ1) is 15.7. The van der Waals surface area contributed by atoms with Gasteiger partial charge in [0.05, 0.1) is 12.2 Å². The number of aliphatic hydroxyl groups excluding tert-OH is 3. The SMILES string of the molecule is C/C=C/C#CC#CCC[C@H](O)[C@H](O)CCCO. The van der Waals surface area contributed by atoms with Crippen LogP contribution in [-0.2, 0) is 0 Å². The summed E-state index contributed by atoms with van der Waals surface area (Å²) in [6, 6.07) is 0. The minimum atomic E-state index is -0.780. The van der Waals surface area contributed by atoms with Gasteiger partial charge < -0.3 is 15.3 Å². The Balaban J connectivity index is 3.77. The number of hydrogen-bond donors (Lipinski definition) is 3. The first-order valence-electron chi connectivity index (χ1n) is 5.79. The number of aliphatic hydroxyl groups is 3. The molecular formula is C14H20O3. The van der Waals surface area contributed by atoms with Gasteiger partial charge in [-0.05, 0) is 44.1 Å². The molecule has 0 aromatic carbocycles. The number of hydrogen-bond acceptors (Lipinski definition) is 3. The zero-order valence-corrected chi connectivity index (χ0v) is 10.2. The van der Waals surface area contributed by atoms with Gasteiger partial charge in [0.2, 0.25) is 0 Å². The Bertz CT molecular complexity index is 325. The van der Waals surface area contributed by atoms with Gasteiger partial charge in [-0.3, -0.25) is 0 Å². The van der Waals surface area contributed by atoms with E-state index < -0.39 is 12.2 Å². The summed E-state index contributed by atoms with van der Waals surface area (Å²) in [7, 11) is 0. The molecule has 94 valence electrons. The summed E-state index contributed by atoms with van der Waals surface area (Å²) in [5.74, 6) is 10.8. The molecule has 0 amide bonds. The molecule has 0 aliphatic carbocycles. The fraction of sp³-hybridized carbons (Fsp3) is 0.571. The van der Waals surface area contributed by atoms with E-state index in [1.54, 1.807) is 6.08 Å². The van der Waals surface area contributed by atoms with Gasteiger partial charge in [-0.15, -0.1) is 0 Å². The van der Waals surface area contributed by atoms with Crippen molar-refractivity contribution in [2.24, 2.45) is 0 Å². The van der Waals surface area contributed by atoms with E-state index in [-0.39, 0.29) is 6.61 Å². The summed E-state index contributed by atoms with van der Waals surface area (Å²) in [4.78, 5) is 0. The Kier molecular flexibility index (Phi) is 10.4. The average Bonchev–Trinajstić information content (AvgIpc) is 2.34. The van der Waals surface area contributed by atoms with E-state index in [4.69, 9.17) is 5.11 Å². The Morgan fingerprint density at radius 1 is 1.12 bits per heavy atom. The topological polar surface area (TPSA) is 60.7 Å². The van der Waals surface area contributed by atoms with Crippen LogP contribution in [0.25, 0.3) is 0 Å². The van der Waals surface area contributed by atoms with Crippen LogP contribution < -0.4 is 0 Å². The van der Waals surface area contributed by atoms with Gasteiger partial charge in [-0.1, -0.05) is 17.9 Å². The van der Waals surface area contributed by atoms with Crippen molar-refractivity contribution in [2.45, 2.75) is 44.8 Å². The van der Waals surface area contributed by atoms with E-state index in [1.165, 1.54) is 0 Å². The maximum atomic E-state index is 9.54. The highest BCUT2D eigenvalue weighted by Crippen LogP contribution is 2.07. The predicted octanol–water partition coefficient (Wildman–Crippen LogP) is 0.844. The van der Waals surface area contributed by atoms with Crippen LogP contribution in [0.2, 0.25) is 0 Å². The van der Waals surface area contributed by atoms with Gasteiger partial charge in [-0.2, -0.15) is 0 Å². The highest BCUT2D eigenvalue weighted by atomic mass is 16.3. The summed E-state index contributed by atoms with van der Waals surface area (Å²) < 4.78 is 0. The molecule has 0 aromatic rings. The lowest BCUT2D eigenvalue weighted by Gasteiger charge is -2.15. The molecule has 2 atom stereocenters. The highest BCUT2D eigenvalue weighted by Gasteiger charge is 2.14. The lowest BCUT2D eigenvalue weighted by molar-refractivity contribution is 0.00746. The fourth-order valence-electron chi connectivity index (χ4n) is 1.17. The van der Waals surface area contributed by atoms with Crippen LogP contribution in [-0.4, -0.2) is 34.1 Å². The van der Waals surface area contributed by atoms with Crippen molar-refractivity contribution in [1.82, 2.24) is 0 Å². The van der Waals surface area contributed by atoms with Gasteiger partial charge in [0.1, 0.15) is 0 Å². The monoisotopic (exact) mass is 236 g/mol. The molecule has 0 aromatic heterocycles. The quantitative estimate of drug-likeness (QED) is 0.599. The summed E-state index contributed by atoms with van der Waals surface area (Å²) >= 11 is 0. The van der Waals surface area contributed by atoms with Crippen LogP contribution in [0, 0.1) is 23.7 Å². The summed E-state index contributed by atoms with van der Waals surface area (Å²) in [6.45, 7) is 1.91. The van der Waals surface area contributed by atoms with Crippen LogP contribution in [0.15, 0.2) is 12.2 Å². The third-order valence-corrected chi connectivity index (χ3v) is 2.14. The summed E-state index contributed by atoms with van der Waals surface area (Å²) in [5, 5.41) is 27.6. The molecule has 0 aliphatic heterocycles. The predicted molar refractivity (Wildman–Crippen MR) is 67.9 cm³/mol. The summed E-state index contributed by atoms with van der Waals surface area (Å²) in [5.41, 5.74) is 0. The molecule has 3 N–H and O–H groups in total. The van der Waals surface area contributed by atoms with Gasteiger partial charge >= 0.3 is 0 Å². The number of allylic oxidation sites excluding steroid dienone is 2. The van der Waals surface area contributed by atoms with Crippen LogP contribution in [0.1, 0.15) is 32.6 Å². The molecule has 0 rings (SSSR count). The third kappa shape index (κ3) is 9.66. The zero-order valence-electron chi connectivity index (χ0n) is 10.2. The van der Waals surface area contributed by atoms with E-state index in [2.05, 4.69) is 23.7 Å². The van der Waals surface area contributed by atoms with Gasteiger partial charge in [0.25, 0.3) is 0 Å². The number of rotatable bonds is 6. The molecule has 0 fully saturated rings. The third-order valence-electron chi connectivity index (χ3n) is 2.14. The second kappa shape index (κ2) is 11.2. The van der Waals surface area contributed by atoms with E-state index in [1.807, 2.05) is 13.0 Å². The Morgan fingerprint density at radius 3 is 2.47 bits per heavy atom. The van der Waals surface area contributed by atoms with E-state index >= 15 is 0 Å². The largest absolute Gasteiger partial charge is 0.396 e. The minimum Gasteiger partial charge on any atom is -0.396 e. The molecule has 0 heterocycles. The Labute approximate surface area is 103 Å². The van der Waals surface area contributed by atoms with Crippen molar-refractivity contribution in [3.05, 3.63) is 12.2 Å². The van der Waals surface area contributed by atoms with Gasteiger partial charge in [-0.25, -0.2) is 0 Å². The molecule has 3 nitrogen and oxygen atoms in total. The van der Waals surface area contributed by atoms with Crippen molar-refractivity contribution in [3.8, 4) is 23.7 Å². The average molecular weight is 236 g/mol. The maximum Gasteiger partial charge on any atom is 0.0808 e. The molecule has 0 spiro atoms. The van der Waals surface area contributed by atoms with Crippen molar-refractivity contribution >= 4 is 0 Å². The smallest absolute Gasteiger partial charge is 0.0808 e. The molecular weight excluding hydrogens is 216 g/mol. The van der Waals surface area contributed by atoms with Crippen molar-refractivity contribution in [1.29, 1.82) is 0 Å². The molecule has 0 saturated carbocycles. The van der Waals surface area contributed by atoms with Crippen molar-refractivity contribution < 1.29 is 15.3 Å². The Morgan fingerprint density at radius 2 is 1.82 bits per heavy atom. The van der Waals surface area contributed by atoms with Crippen LogP contribution in [0.5, 0.6) is 0 Å². The maximum absolute atomic E-state index is 9.54. The summed E-state index contributed by atoms with van der Waals surface area (Å²) in [6.07, 6.45) is 3.81. The lowest BCUT2D eigenvalue weighted by Crippen LogP contribution is -2.25. The normalized spacial score (nSPS) is 13.4. The van der Waals surface area contributed by atoms with E-state index in [0.29, 0.717) is 25.7 Å². The zero-order chi connectivity index (χ0) is 12.9.